The lowest BCUT2D eigenvalue weighted by Gasteiger charge is -2.19. The molecule has 0 radical (unpaired) electrons. The lowest BCUT2D eigenvalue weighted by Crippen LogP contribution is -2.48. The van der Waals surface area contributed by atoms with E-state index >= 15 is 0 Å². The normalized spacial score (nSPS) is 11.3. The molecule has 7 N–H and O–H groups in total. The second-order valence-electron chi connectivity index (χ2n) is 10.5. The fraction of sp³-hybridized carbons (Fsp3) is 0.444. The molecule has 0 fully saturated rings. The predicted molar refractivity (Wildman–Crippen MR) is 160 cm³/mol. The number of rotatable bonds is 10. The molecule has 0 bridgehead atoms. The zero-order chi connectivity index (χ0) is 35.7. The van der Waals surface area contributed by atoms with E-state index in [2.05, 4.69) is 25.9 Å². The number of nitrogens with one attached hydrogen (secondary N) is 3. The Bertz CT molecular complexity index is 1630. The monoisotopic (exact) mass is 689 g/mol. The molecule has 0 unspecified atom stereocenters. The van der Waals surface area contributed by atoms with Crippen molar-refractivity contribution in [3.8, 4) is 5.75 Å². The highest BCUT2D eigenvalue weighted by Gasteiger charge is 2.29. The number of anilines is 2. The Balaban J connectivity index is 0.000000984. The zero-order valence-electron chi connectivity index (χ0n) is 26.1. The molecule has 3 rings (SSSR count). The molecule has 20 heteroatoms. The van der Waals surface area contributed by atoms with E-state index < -0.39 is 29.7 Å². The summed E-state index contributed by atoms with van der Waals surface area (Å²) < 4.78 is 45.9. The van der Waals surface area contributed by atoms with Crippen molar-refractivity contribution in [1.29, 1.82) is 0 Å². The molecule has 3 aromatic rings. The number of amides is 3. The van der Waals surface area contributed by atoms with Crippen LogP contribution in [0.4, 0.5) is 29.6 Å². The summed E-state index contributed by atoms with van der Waals surface area (Å²) in [6.07, 6.45) is -5.76. The van der Waals surface area contributed by atoms with Gasteiger partial charge in [-0.15, -0.1) is 0 Å². The van der Waals surface area contributed by atoms with Crippen LogP contribution in [0.1, 0.15) is 44.0 Å². The van der Waals surface area contributed by atoms with E-state index in [1.807, 2.05) is 23.6 Å². The summed E-state index contributed by atoms with van der Waals surface area (Å²) in [7, 11) is 1.57. The second kappa shape index (κ2) is 16.0. The number of imidazole rings is 1. The fourth-order valence-corrected chi connectivity index (χ4v) is 4.08. The summed E-state index contributed by atoms with van der Waals surface area (Å²) in [5, 5.41) is 16.8. The van der Waals surface area contributed by atoms with Gasteiger partial charge in [0.05, 0.1) is 13.7 Å². The van der Waals surface area contributed by atoms with E-state index in [-0.39, 0.29) is 54.6 Å². The molecule has 2 heterocycles. The number of aliphatic carboxylic acids is 1. The summed E-state index contributed by atoms with van der Waals surface area (Å²) in [6, 6.07) is 5.48. The van der Waals surface area contributed by atoms with Crippen molar-refractivity contribution in [3.63, 3.8) is 0 Å². The van der Waals surface area contributed by atoms with Crippen molar-refractivity contribution >= 4 is 58.1 Å². The van der Waals surface area contributed by atoms with Crippen LogP contribution in [0.2, 0.25) is 5.15 Å². The van der Waals surface area contributed by atoms with Crippen LogP contribution in [-0.4, -0.2) is 70.4 Å². The smallest absolute Gasteiger partial charge is 0.430 e. The number of carbonyl (C=O) groups excluding carboxylic acids is 4. The Morgan fingerprint density at radius 1 is 1.04 bits per heavy atom. The topological polar surface area (TPSA) is 233 Å². The number of fused-ring (bicyclic) bond motifs is 1. The summed E-state index contributed by atoms with van der Waals surface area (Å²) in [4.78, 5) is 54.2. The van der Waals surface area contributed by atoms with Crippen LogP contribution in [0.25, 0.3) is 11.0 Å². The minimum absolute atomic E-state index is 0.0280. The number of methoxy groups -OCH3 is 1. The average Bonchev–Trinajstić information content (AvgIpc) is 3.25. The van der Waals surface area contributed by atoms with E-state index in [9.17, 15) is 27.6 Å². The quantitative estimate of drug-likeness (QED) is 0.145. The van der Waals surface area contributed by atoms with Gasteiger partial charge < -0.3 is 46.8 Å². The fourth-order valence-electron chi connectivity index (χ4n) is 3.95. The number of aromatic nitrogens is 4. The van der Waals surface area contributed by atoms with Crippen LogP contribution in [-0.2, 0) is 34.0 Å². The molecule has 16 nitrogen and oxygen atoms in total. The molecular weight excluding hydrogens is 655 g/mol. The molecule has 0 aliphatic heterocycles. The van der Waals surface area contributed by atoms with Crippen LogP contribution in [0.3, 0.4) is 0 Å². The van der Waals surface area contributed by atoms with Gasteiger partial charge in [-0.05, 0) is 39.8 Å². The maximum absolute atomic E-state index is 12.9. The number of hydrogen-bond donors (Lipinski definition) is 5. The molecule has 3 amide bonds. The van der Waals surface area contributed by atoms with Gasteiger partial charge in [0.1, 0.15) is 23.9 Å². The Morgan fingerprint density at radius 3 is 2.21 bits per heavy atom. The van der Waals surface area contributed by atoms with Gasteiger partial charge in [0, 0.05) is 19.2 Å². The minimum Gasteiger partial charge on any atom is -0.542 e. The molecule has 0 spiro atoms. The molecule has 0 aliphatic rings. The van der Waals surface area contributed by atoms with Crippen LogP contribution >= 0.6 is 11.6 Å². The van der Waals surface area contributed by atoms with Crippen molar-refractivity contribution in [1.82, 2.24) is 30.5 Å². The molecule has 2 aromatic heterocycles. The summed E-state index contributed by atoms with van der Waals surface area (Å²) >= 11 is 5.93. The van der Waals surface area contributed by atoms with Crippen molar-refractivity contribution in [3.05, 3.63) is 34.9 Å². The lowest BCUT2D eigenvalue weighted by atomic mass is 10.2. The maximum Gasteiger partial charge on any atom is 0.430 e. The van der Waals surface area contributed by atoms with E-state index in [4.69, 9.17) is 42.4 Å². The SMILES string of the molecule is CCn1c(CNC(=O)c2nc(Cl)c(N)nc2N)[n+](CC(=O)NCCNC(=O)OC(C)(C)C)c2ccc(OC)cc21.O=C([O-])C(F)(F)F. The second-order valence-corrected chi connectivity index (χ2v) is 10.8. The van der Waals surface area contributed by atoms with Crippen molar-refractivity contribution in [2.75, 3.05) is 31.7 Å². The predicted octanol–water partition coefficient (Wildman–Crippen LogP) is 0.435. The zero-order valence-corrected chi connectivity index (χ0v) is 26.8. The number of halogens is 4. The highest BCUT2D eigenvalue weighted by atomic mass is 35.5. The van der Waals surface area contributed by atoms with Gasteiger partial charge in [0.15, 0.2) is 40.1 Å². The van der Waals surface area contributed by atoms with Crippen LogP contribution < -0.4 is 41.8 Å². The summed E-state index contributed by atoms with van der Waals surface area (Å²) in [6.45, 7) is 8.14. The third-order valence-corrected chi connectivity index (χ3v) is 6.16. The molecule has 258 valence electrons. The number of carboxylic acids is 1. The number of hydrogen-bond acceptors (Lipinski definition) is 11. The summed E-state index contributed by atoms with van der Waals surface area (Å²) in [5.41, 5.74) is 12.2. The van der Waals surface area contributed by atoms with Crippen molar-refractivity contribution in [2.24, 2.45) is 0 Å². The Labute approximate surface area is 271 Å². The minimum atomic E-state index is -5.19. The third kappa shape index (κ3) is 11.0. The van der Waals surface area contributed by atoms with Gasteiger partial charge in [0.2, 0.25) is 0 Å². The standard InChI is InChI=1S/C25H34ClN9O5.C2HF3O2/c1-6-34-16-11-14(39-5)7-8-15(16)35(13-17(36)29-9-10-30-24(38)40-25(2,3)4)18(34)12-31-23(37)19-21(27)33-22(28)20(26)32-19;3-2(4,5)1(6)7/h7-8,11H,6,9-10,12-13H2,1-5H3,(H6-,27,28,29,30,31,33,36,37,38);(H,6,7). The maximum atomic E-state index is 12.9. The first-order valence-corrected chi connectivity index (χ1v) is 14.1. The largest absolute Gasteiger partial charge is 0.542 e. The van der Waals surface area contributed by atoms with E-state index in [0.717, 1.165) is 11.0 Å². The number of aryl methyl sites for hydroxylation is 1. The molecular formula is C27H35ClF3N9O7. The first kappa shape index (κ1) is 38.1. The van der Waals surface area contributed by atoms with Crippen LogP contribution in [0.5, 0.6) is 5.75 Å². The number of nitrogens with zero attached hydrogens (tertiary/aromatic N) is 4. The van der Waals surface area contributed by atoms with Crippen molar-refractivity contribution in [2.45, 2.75) is 59.1 Å². The van der Waals surface area contributed by atoms with Gasteiger partial charge in [0.25, 0.3) is 17.6 Å². The van der Waals surface area contributed by atoms with Crippen LogP contribution in [0, 0.1) is 0 Å². The van der Waals surface area contributed by atoms with Gasteiger partial charge >= 0.3 is 12.3 Å². The number of carbonyl (C=O) groups is 4. The van der Waals surface area contributed by atoms with Crippen molar-refractivity contribution < 1.29 is 51.5 Å². The van der Waals surface area contributed by atoms with Crippen LogP contribution in [0.15, 0.2) is 18.2 Å². The van der Waals surface area contributed by atoms with Gasteiger partial charge in [-0.3, -0.25) is 9.59 Å². The molecule has 0 atom stereocenters. The van der Waals surface area contributed by atoms with Gasteiger partial charge in [-0.25, -0.2) is 23.9 Å². The number of carboxylic acid groups (broad SMARTS) is 1. The summed E-state index contributed by atoms with van der Waals surface area (Å²) in [5.74, 6) is -2.88. The number of alkyl halides is 3. The highest BCUT2D eigenvalue weighted by molar-refractivity contribution is 6.31. The Kier molecular flexibility index (Phi) is 12.9. The van der Waals surface area contributed by atoms with E-state index in [1.165, 1.54) is 0 Å². The van der Waals surface area contributed by atoms with E-state index in [0.29, 0.717) is 18.1 Å². The number of benzene rings is 1. The molecule has 1 aromatic carbocycles. The van der Waals surface area contributed by atoms with Gasteiger partial charge in [-0.1, -0.05) is 11.6 Å². The number of nitrogen functional groups attached to an aromatic ring is 2. The van der Waals surface area contributed by atoms with Gasteiger partial charge in [-0.2, -0.15) is 13.2 Å². The van der Waals surface area contributed by atoms with E-state index in [1.54, 1.807) is 38.5 Å². The average molecular weight is 690 g/mol. The molecule has 0 aliphatic carbocycles. The first-order valence-electron chi connectivity index (χ1n) is 13.8. The molecule has 0 saturated heterocycles. The first-order chi connectivity index (χ1) is 21.8. The number of ether oxygens (including phenoxy) is 2. The third-order valence-electron chi connectivity index (χ3n) is 5.88. The lowest BCUT2D eigenvalue weighted by molar-refractivity contribution is -0.667. The molecule has 47 heavy (non-hydrogen) atoms. The number of alkyl carbamates (subject to hydrolysis) is 1. The Hall–Kier alpha value is -5.07. The highest BCUT2D eigenvalue weighted by Crippen LogP contribution is 2.22. The Morgan fingerprint density at radius 2 is 1.66 bits per heavy atom. The number of nitrogens with two attached hydrogens (primary N) is 2. The molecule has 0 saturated carbocycles.